The van der Waals surface area contributed by atoms with Crippen LogP contribution < -0.4 is 4.34 Å². The van der Waals surface area contributed by atoms with Crippen LogP contribution in [0.2, 0.25) is 5.02 Å². The second-order valence-corrected chi connectivity index (χ2v) is 2.98. The third kappa shape index (κ3) is 1.84. The Labute approximate surface area is 77.9 Å². The van der Waals surface area contributed by atoms with Crippen LogP contribution in [0.25, 0.3) is 0 Å². The number of hydrogen-bond acceptors (Lipinski definition) is 1. The van der Waals surface area contributed by atoms with E-state index in [0.29, 0.717) is 10.7 Å². The Bertz CT molecular complexity index is 277. The van der Waals surface area contributed by atoms with E-state index in [1.54, 1.807) is 6.07 Å². The van der Waals surface area contributed by atoms with Gasteiger partial charge in [0.25, 0.3) is 0 Å². The molecule has 1 aromatic carbocycles. The standard InChI is InChI=1S/C7H6BrClFN/c1-4-2-7(11-8)6(10)3-5(4)9/h2-3,11H,1H3. The summed E-state index contributed by atoms with van der Waals surface area (Å²) in [4.78, 5) is 0. The molecule has 0 aliphatic carbocycles. The van der Waals surface area contributed by atoms with E-state index in [-0.39, 0.29) is 5.82 Å². The first-order valence-electron chi connectivity index (χ1n) is 2.97. The third-order valence-electron chi connectivity index (χ3n) is 1.35. The van der Waals surface area contributed by atoms with Gasteiger partial charge in [-0.05, 0) is 24.6 Å². The third-order valence-corrected chi connectivity index (χ3v) is 2.18. The van der Waals surface area contributed by atoms with Crippen LogP contribution in [-0.2, 0) is 0 Å². The molecule has 0 spiro atoms. The van der Waals surface area contributed by atoms with Gasteiger partial charge in [0.2, 0.25) is 0 Å². The van der Waals surface area contributed by atoms with Gasteiger partial charge >= 0.3 is 0 Å². The zero-order valence-electron chi connectivity index (χ0n) is 5.79. The Balaban J connectivity index is 3.21. The summed E-state index contributed by atoms with van der Waals surface area (Å²) in [7, 11) is 0. The number of nitrogens with one attached hydrogen (secondary N) is 1. The highest BCUT2D eigenvalue weighted by Crippen LogP contribution is 2.23. The maximum absolute atomic E-state index is 12.9. The van der Waals surface area contributed by atoms with Crippen molar-refractivity contribution in [3.8, 4) is 0 Å². The van der Waals surface area contributed by atoms with Crippen LogP contribution in [0.15, 0.2) is 12.1 Å². The first kappa shape index (κ1) is 8.81. The number of hydrogen-bond donors (Lipinski definition) is 1. The van der Waals surface area contributed by atoms with Gasteiger partial charge in [0, 0.05) is 21.2 Å². The molecule has 0 unspecified atom stereocenters. The van der Waals surface area contributed by atoms with Crippen LogP contribution in [0, 0.1) is 12.7 Å². The molecule has 0 atom stereocenters. The molecule has 0 bridgehead atoms. The Morgan fingerprint density at radius 2 is 2.18 bits per heavy atom. The van der Waals surface area contributed by atoms with Gasteiger partial charge in [-0.2, -0.15) is 0 Å². The minimum Gasteiger partial charge on any atom is -0.320 e. The summed E-state index contributed by atoms with van der Waals surface area (Å²) >= 11 is 8.59. The van der Waals surface area contributed by atoms with Crippen molar-refractivity contribution < 1.29 is 4.39 Å². The average molecular weight is 238 g/mol. The molecule has 0 radical (unpaired) electrons. The van der Waals surface area contributed by atoms with Gasteiger partial charge in [-0.25, -0.2) is 4.39 Å². The molecule has 0 aliphatic heterocycles. The van der Waals surface area contributed by atoms with Gasteiger partial charge in [0.05, 0.1) is 5.69 Å². The largest absolute Gasteiger partial charge is 0.320 e. The maximum Gasteiger partial charge on any atom is 0.148 e. The highest BCUT2D eigenvalue weighted by Gasteiger charge is 2.03. The molecule has 1 N–H and O–H groups in total. The van der Waals surface area contributed by atoms with Crippen molar-refractivity contribution in [1.29, 1.82) is 0 Å². The fourth-order valence-electron chi connectivity index (χ4n) is 0.730. The van der Waals surface area contributed by atoms with Crippen molar-refractivity contribution >= 4 is 33.4 Å². The van der Waals surface area contributed by atoms with E-state index in [2.05, 4.69) is 20.5 Å². The molecule has 1 aromatic rings. The molecule has 60 valence electrons. The van der Waals surface area contributed by atoms with Crippen LogP contribution in [0.3, 0.4) is 0 Å². The highest BCUT2D eigenvalue weighted by molar-refractivity contribution is 9.10. The maximum atomic E-state index is 12.9. The number of anilines is 1. The van der Waals surface area contributed by atoms with Crippen LogP contribution in [0.4, 0.5) is 10.1 Å². The van der Waals surface area contributed by atoms with Crippen LogP contribution in [0.5, 0.6) is 0 Å². The van der Waals surface area contributed by atoms with Gasteiger partial charge in [-0.15, -0.1) is 0 Å². The lowest BCUT2D eigenvalue weighted by Gasteiger charge is -2.03. The van der Waals surface area contributed by atoms with Crippen LogP contribution in [-0.4, -0.2) is 0 Å². The topological polar surface area (TPSA) is 12.0 Å². The lowest BCUT2D eigenvalue weighted by molar-refractivity contribution is 0.632. The summed E-state index contributed by atoms with van der Waals surface area (Å²) in [6.45, 7) is 1.82. The molecular formula is C7H6BrClFN. The molecule has 11 heavy (non-hydrogen) atoms. The molecule has 1 rings (SSSR count). The number of rotatable bonds is 1. The SMILES string of the molecule is Cc1cc(NBr)c(F)cc1Cl. The molecule has 0 aliphatic rings. The van der Waals surface area contributed by atoms with Crippen molar-refractivity contribution in [2.45, 2.75) is 6.92 Å². The second-order valence-electron chi connectivity index (χ2n) is 2.18. The molecule has 0 aromatic heterocycles. The average Bonchev–Trinajstić information content (AvgIpc) is 1.97. The monoisotopic (exact) mass is 237 g/mol. The fraction of sp³-hybridized carbons (Fsp3) is 0.143. The van der Waals surface area contributed by atoms with Gasteiger partial charge in [-0.3, -0.25) is 0 Å². The summed E-state index contributed by atoms with van der Waals surface area (Å²) in [6.07, 6.45) is 0. The Morgan fingerprint density at radius 3 is 2.73 bits per heavy atom. The summed E-state index contributed by atoms with van der Waals surface area (Å²) in [5, 5.41) is 0.439. The fourth-order valence-corrected chi connectivity index (χ4v) is 1.18. The number of halogens is 3. The summed E-state index contributed by atoms with van der Waals surface area (Å²) in [6, 6.07) is 2.91. The summed E-state index contributed by atoms with van der Waals surface area (Å²) in [5.41, 5.74) is 1.24. The van der Waals surface area contributed by atoms with Crippen molar-refractivity contribution in [1.82, 2.24) is 0 Å². The van der Waals surface area contributed by atoms with E-state index in [9.17, 15) is 4.39 Å². The van der Waals surface area contributed by atoms with Crippen molar-refractivity contribution in [3.63, 3.8) is 0 Å². The predicted molar refractivity (Wildman–Crippen MR) is 48.7 cm³/mol. The molecular weight excluding hydrogens is 232 g/mol. The van der Waals surface area contributed by atoms with E-state index >= 15 is 0 Å². The lowest BCUT2D eigenvalue weighted by Crippen LogP contribution is -1.87. The molecule has 0 saturated heterocycles. The normalized spacial score (nSPS) is 9.82. The van der Waals surface area contributed by atoms with Gasteiger partial charge in [0.15, 0.2) is 0 Å². The minimum atomic E-state index is -0.363. The highest BCUT2D eigenvalue weighted by atomic mass is 79.9. The zero-order valence-corrected chi connectivity index (χ0v) is 8.13. The van der Waals surface area contributed by atoms with Gasteiger partial charge < -0.3 is 4.34 Å². The summed E-state index contributed by atoms with van der Waals surface area (Å²) in [5.74, 6) is -0.363. The molecule has 4 heteroatoms. The molecule has 0 heterocycles. The predicted octanol–water partition coefficient (Wildman–Crippen LogP) is 3.51. The Hall–Kier alpha value is -0.280. The van der Waals surface area contributed by atoms with Crippen LogP contribution >= 0.6 is 27.7 Å². The van der Waals surface area contributed by atoms with Crippen molar-refractivity contribution in [3.05, 3.63) is 28.5 Å². The molecule has 0 amide bonds. The van der Waals surface area contributed by atoms with E-state index < -0.39 is 0 Å². The number of aryl methyl sites for hydroxylation is 1. The van der Waals surface area contributed by atoms with E-state index in [0.717, 1.165) is 5.56 Å². The lowest BCUT2D eigenvalue weighted by atomic mass is 10.2. The zero-order chi connectivity index (χ0) is 8.43. The van der Waals surface area contributed by atoms with E-state index in [4.69, 9.17) is 11.6 Å². The second kappa shape index (κ2) is 3.41. The Morgan fingerprint density at radius 1 is 1.55 bits per heavy atom. The smallest absolute Gasteiger partial charge is 0.148 e. The first-order chi connectivity index (χ1) is 5.15. The van der Waals surface area contributed by atoms with Crippen LogP contribution in [0.1, 0.15) is 5.56 Å². The number of benzene rings is 1. The Kier molecular flexibility index (Phi) is 2.73. The summed E-state index contributed by atoms with van der Waals surface area (Å²) < 4.78 is 15.4. The van der Waals surface area contributed by atoms with E-state index in [1.807, 2.05) is 6.92 Å². The molecule has 0 saturated carbocycles. The van der Waals surface area contributed by atoms with Gasteiger partial charge in [0.1, 0.15) is 5.82 Å². The first-order valence-corrected chi connectivity index (χ1v) is 4.14. The van der Waals surface area contributed by atoms with Crippen molar-refractivity contribution in [2.24, 2.45) is 0 Å². The van der Waals surface area contributed by atoms with Gasteiger partial charge in [-0.1, -0.05) is 11.6 Å². The minimum absolute atomic E-state index is 0.363. The molecule has 1 nitrogen and oxygen atoms in total. The van der Waals surface area contributed by atoms with Crippen molar-refractivity contribution in [2.75, 3.05) is 4.34 Å². The van der Waals surface area contributed by atoms with E-state index in [1.165, 1.54) is 6.07 Å². The molecule has 0 fully saturated rings. The quantitative estimate of drug-likeness (QED) is 0.738.